The van der Waals surface area contributed by atoms with Crippen LogP contribution in [-0.2, 0) is 5.92 Å². The molecular formula is C20H12F7NO2. The fourth-order valence-electron chi connectivity index (χ4n) is 2.67. The second-order valence-corrected chi connectivity index (χ2v) is 6.20. The Kier molecular flexibility index (Phi) is 5.71. The van der Waals surface area contributed by atoms with Gasteiger partial charge in [-0.25, -0.2) is 8.78 Å². The molecule has 3 nitrogen and oxygen atoms in total. The molecule has 0 saturated carbocycles. The highest BCUT2D eigenvalue weighted by atomic mass is 19.4. The van der Waals surface area contributed by atoms with E-state index in [9.17, 15) is 35.8 Å². The highest BCUT2D eigenvalue weighted by Crippen LogP contribution is 2.40. The van der Waals surface area contributed by atoms with Crippen molar-refractivity contribution in [1.29, 1.82) is 0 Å². The first-order valence-electron chi connectivity index (χ1n) is 8.31. The molecule has 30 heavy (non-hydrogen) atoms. The summed E-state index contributed by atoms with van der Waals surface area (Å²) in [6.07, 6.45) is -6.44. The molecular weight excluding hydrogens is 419 g/mol. The Morgan fingerprint density at radius 1 is 0.833 bits per heavy atom. The normalized spacial score (nSPS) is 13.2. The van der Waals surface area contributed by atoms with E-state index in [1.807, 2.05) is 0 Å². The number of rotatable bonds is 5. The van der Waals surface area contributed by atoms with Crippen molar-refractivity contribution < 1.29 is 40.6 Å². The second kappa shape index (κ2) is 7.94. The summed E-state index contributed by atoms with van der Waals surface area (Å²) < 4.78 is 96.1. The highest BCUT2D eigenvalue weighted by Gasteiger charge is 2.44. The van der Waals surface area contributed by atoms with Gasteiger partial charge in [0.25, 0.3) is 0 Å². The molecule has 158 valence electrons. The lowest BCUT2D eigenvalue weighted by molar-refractivity contribution is -0.274. The van der Waals surface area contributed by atoms with Crippen LogP contribution in [0.25, 0.3) is 11.1 Å². The minimum absolute atomic E-state index is 0.301. The smallest absolute Gasteiger partial charge is 0.406 e. The van der Waals surface area contributed by atoms with Crippen LogP contribution in [0, 0.1) is 11.6 Å². The SMILES string of the molecule is O[C@@H](c1ccc(F)cc1F)C(F)(F)c1ccc(-c2ccc(OC(F)(F)F)cc2)cn1. The van der Waals surface area contributed by atoms with Gasteiger partial charge in [-0.1, -0.05) is 24.3 Å². The molecule has 1 aromatic heterocycles. The number of alkyl halides is 5. The van der Waals surface area contributed by atoms with Gasteiger partial charge in [-0.2, -0.15) is 8.78 Å². The number of aliphatic hydroxyl groups is 1. The first-order chi connectivity index (χ1) is 14.0. The van der Waals surface area contributed by atoms with Gasteiger partial charge in [0.05, 0.1) is 0 Å². The van der Waals surface area contributed by atoms with Crippen LogP contribution in [-0.4, -0.2) is 16.5 Å². The highest BCUT2D eigenvalue weighted by molar-refractivity contribution is 5.63. The number of aromatic nitrogens is 1. The summed E-state index contributed by atoms with van der Waals surface area (Å²) in [5, 5.41) is 9.92. The van der Waals surface area contributed by atoms with Gasteiger partial charge in [0.15, 0.2) is 6.10 Å². The molecule has 0 unspecified atom stereocenters. The Bertz CT molecular complexity index is 1020. The molecule has 0 fully saturated rings. The molecule has 0 spiro atoms. The maximum absolute atomic E-state index is 14.6. The Hall–Kier alpha value is -3.14. The molecule has 0 bridgehead atoms. The summed E-state index contributed by atoms with van der Waals surface area (Å²) in [6, 6.07) is 8.57. The zero-order valence-corrected chi connectivity index (χ0v) is 14.8. The predicted octanol–water partition coefficient (Wildman–Crippen LogP) is 5.75. The Labute approximate surface area is 165 Å². The molecule has 10 heteroatoms. The maximum atomic E-state index is 14.6. The number of benzene rings is 2. The van der Waals surface area contributed by atoms with Crippen LogP contribution < -0.4 is 4.74 Å². The van der Waals surface area contributed by atoms with E-state index in [4.69, 9.17) is 0 Å². The van der Waals surface area contributed by atoms with Crippen molar-refractivity contribution in [2.75, 3.05) is 0 Å². The third kappa shape index (κ3) is 4.70. The summed E-state index contributed by atoms with van der Waals surface area (Å²) in [6.45, 7) is 0. The average molecular weight is 431 g/mol. The minimum atomic E-state index is -4.85. The maximum Gasteiger partial charge on any atom is 0.573 e. The quantitative estimate of drug-likeness (QED) is 0.523. The summed E-state index contributed by atoms with van der Waals surface area (Å²) in [5.74, 6) is -6.77. The van der Waals surface area contributed by atoms with E-state index in [2.05, 4.69) is 9.72 Å². The minimum Gasteiger partial charge on any atom is -0.406 e. The third-order valence-electron chi connectivity index (χ3n) is 4.13. The van der Waals surface area contributed by atoms with Crippen molar-refractivity contribution in [3.8, 4) is 16.9 Å². The monoisotopic (exact) mass is 431 g/mol. The van der Waals surface area contributed by atoms with Crippen LogP contribution >= 0.6 is 0 Å². The van der Waals surface area contributed by atoms with E-state index >= 15 is 0 Å². The van der Waals surface area contributed by atoms with E-state index in [-0.39, 0.29) is 0 Å². The molecule has 0 aliphatic carbocycles. The van der Waals surface area contributed by atoms with Gasteiger partial charge in [0, 0.05) is 23.4 Å². The molecule has 2 aromatic carbocycles. The molecule has 3 rings (SSSR count). The van der Waals surface area contributed by atoms with Gasteiger partial charge in [-0.15, -0.1) is 13.2 Å². The number of ether oxygens (including phenoxy) is 1. The molecule has 0 amide bonds. The van der Waals surface area contributed by atoms with Gasteiger partial charge >= 0.3 is 12.3 Å². The van der Waals surface area contributed by atoms with Crippen LogP contribution in [0.1, 0.15) is 17.4 Å². The number of hydrogen-bond acceptors (Lipinski definition) is 3. The summed E-state index contributed by atoms with van der Waals surface area (Å²) >= 11 is 0. The fourth-order valence-corrected chi connectivity index (χ4v) is 2.67. The van der Waals surface area contributed by atoms with Crippen LogP contribution in [0.4, 0.5) is 30.7 Å². The van der Waals surface area contributed by atoms with Crippen molar-refractivity contribution >= 4 is 0 Å². The topological polar surface area (TPSA) is 42.4 Å². The lowest BCUT2D eigenvalue weighted by Crippen LogP contribution is -2.25. The number of nitrogens with zero attached hydrogens (tertiary/aromatic N) is 1. The van der Waals surface area contributed by atoms with Crippen molar-refractivity contribution in [3.63, 3.8) is 0 Å². The van der Waals surface area contributed by atoms with Crippen molar-refractivity contribution in [2.45, 2.75) is 18.4 Å². The van der Waals surface area contributed by atoms with E-state index in [1.54, 1.807) is 0 Å². The Morgan fingerprint density at radius 2 is 1.47 bits per heavy atom. The molecule has 0 saturated heterocycles. The summed E-state index contributed by atoms with van der Waals surface area (Å²) in [4.78, 5) is 3.58. The standard InChI is InChI=1S/C20H12F7NO2/c21-13-4-7-15(16(22)9-13)18(29)19(23,24)17-8-3-12(10-28-17)11-1-5-14(6-2-11)30-20(25,26)27/h1-10,18,29H/t18-/m0/s1. The van der Waals surface area contributed by atoms with Gasteiger partial charge in [-0.05, 0) is 29.8 Å². The Morgan fingerprint density at radius 3 is 2.00 bits per heavy atom. The number of hydrogen-bond donors (Lipinski definition) is 1. The van der Waals surface area contributed by atoms with E-state index in [0.717, 1.165) is 30.5 Å². The zero-order chi connectivity index (χ0) is 22.1. The largest absolute Gasteiger partial charge is 0.573 e. The predicted molar refractivity (Wildman–Crippen MR) is 91.6 cm³/mol. The number of pyridine rings is 1. The van der Waals surface area contributed by atoms with Crippen LogP contribution in [0.3, 0.4) is 0 Å². The molecule has 3 aromatic rings. The van der Waals surface area contributed by atoms with Crippen molar-refractivity contribution in [1.82, 2.24) is 4.98 Å². The number of aliphatic hydroxyl groups excluding tert-OH is 1. The van der Waals surface area contributed by atoms with Gasteiger partial charge in [0.1, 0.15) is 23.1 Å². The van der Waals surface area contributed by atoms with Crippen LogP contribution in [0.15, 0.2) is 60.8 Å². The number of halogens is 7. The summed E-state index contributed by atoms with van der Waals surface area (Å²) in [7, 11) is 0. The van der Waals surface area contributed by atoms with Gasteiger partial charge < -0.3 is 9.84 Å². The lowest BCUT2D eigenvalue weighted by atomic mass is 9.99. The van der Waals surface area contributed by atoms with Crippen LogP contribution in [0.2, 0.25) is 0 Å². The van der Waals surface area contributed by atoms with Crippen molar-refractivity contribution in [2.24, 2.45) is 0 Å². The summed E-state index contributed by atoms with van der Waals surface area (Å²) in [5.41, 5.74) is -1.00. The average Bonchev–Trinajstić information content (AvgIpc) is 2.67. The molecule has 1 N–H and O–H groups in total. The first kappa shape index (κ1) is 21.6. The van der Waals surface area contributed by atoms with E-state index in [0.29, 0.717) is 23.3 Å². The van der Waals surface area contributed by atoms with Gasteiger partial charge in [0.2, 0.25) is 0 Å². The van der Waals surface area contributed by atoms with Crippen LogP contribution in [0.5, 0.6) is 5.75 Å². The van der Waals surface area contributed by atoms with Gasteiger partial charge in [-0.3, -0.25) is 4.98 Å². The van der Waals surface area contributed by atoms with E-state index in [1.165, 1.54) is 18.2 Å². The Balaban J connectivity index is 1.82. The second-order valence-electron chi connectivity index (χ2n) is 6.20. The lowest BCUT2D eigenvalue weighted by Gasteiger charge is -2.23. The molecule has 0 radical (unpaired) electrons. The van der Waals surface area contributed by atoms with Crippen molar-refractivity contribution in [3.05, 3.63) is 83.7 Å². The molecule has 1 atom stereocenters. The fraction of sp³-hybridized carbons (Fsp3) is 0.150. The molecule has 0 aliphatic rings. The molecule has 1 heterocycles. The van der Waals surface area contributed by atoms with E-state index < -0.39 is 47.0 Å². The first-order valence-corrected chi connectivity index (χ1v) is 8.31. The zero-order valence-electron chi connectivity index (χ0n) is 14.8. The molecule has 0 aliphatic heterocycles. The third-order valence-corrected chi connectivity index (χ3v) is 4.13.